The normalized spacial score (nSPS) is 10.9. The quantitative estimate of drug-likeness (QED) is 0.923. The summed E-state index contributed by atoms with van der Waals surface area (Å²) >= 11 is 5.80. The number of nitrogens with two attached hydrogens (primary N) is 1. The van der Waals surface area contributed by atoms with Crippen LogP contribution in [0.5, 0.6) is 5.75 Å². The molecule has 0 saturated carbocycles. The second kappa shape index (κ2) is 5.31. The molecule has 2 N–H and O–H groups in total. The van der Waals surface area contributed by atoms with E-state index in [1.807, 2.05) is 12.1 Å². The molecule has 0 fully saturated rings. The summed E-state index contributed by atoms with van der Waals surface area (Å²) in [5, 5.41) is 4.45. The van der Waals surface area contributed by atoms with Crippen molar-refractivity contribution in [2.24, 2.45) is 0 Å². The van der Waals surface area contributed by atoms with Gasteiger partial charge in [-0.2, -0.15) is 5.10 Å². The number of nitrogen functional groups attached to an aromatic ring is 1. The second-order valence-corrected chi connectivity index (χ2v) is 4.81. The second-order valence-electron chi connectivity index (χ2n) is 4.40. The fourth-order valence-corrected chi connectivity index (χ4v) is 1.72. The van der Waals surface area contributed by atoms with Gasteiger partial charge in [-0.25, -0.2) is 4.68 Å². The topological polar surface area (TPSA) is 53.1 Å². The van der Waals surface area contributed by atoms with Crippen LogP contribution >= 0.6 is 11.6 Å². The highest BCUT2D eigenvalue weighted by atomic mass is 35.5. The lowest BCUT2D eigenvalue weighted by atomic mass is 10.0. The lowest BCUT2D eigenvalue weighted by Crippen LogP contribution is -2.06. The molecule has 0 unspecified atom stereocenters. The Morgan fingerprint density at radius 3 is 2.50 bits per heavy atom. The highest BCUT2D eigenvalue weighted by Crippen LogP contribution is 2.19. The Labute approximate surface area is 111 Å². The molecule has 0 aliphatic carbocycles. The van der Waals surface area contributed by atoms with Gasteiger partial charge in [0.1, 0.15) is 10.8 Å². The van der Waals surface area contributed by atoms with Gasteiger partial charge in [0.2, 0.25) is 0 Å². The van der Waals surface area contributed by atoms with Crippen LogP contribution in [-0.4, -0.2) is 9.78 Å². The third-order valence-corrected chi connectivity index (χ3v) is 2.94. The molecule has 0 saturated heterocycles. The number of rotatable bonds is 4. The molecule has 0 bridgehead atoms. The molecule has 0 spiro atoms. The molecule has 0 amide bonds. The minimum atomic E-state index is 0.290. The van der Waals surface area contributed by atoms with Gasteiger partial charge in [0.25, 0.3) is 0 Å². The Bertz CT molecular complexity index is 500. The summed E-state index contributed by atoms with van der Waals surface area (Å²) in [5.41, 5.74) is 6.83. The number of aromatic nitrogens is 2. The maximum absolute atomic E-state index is 5.80. The van der Waals surface area contributed by atoms with E-state index in [9.17, 15) is 0 Å². The summed E-state index contributed by atoms with van der Waals surface area (Å²) < 4.78 is 7.14. The molecule has 5 heteroatoms. The van der Waals surface area contributed by atoms with Gasteiger partial charge < -0.3 is 10.5 Å². The molecular formula is C13H16ClN3O. The summed E-state index contributed by atoms with van der Waals surface area (Å²) in [7, 11) is 0. The number of halogens is 1. The molecule has 96 valence electrons. The minimum Gasteiger partial charge on any atom is -0.471 e. The van der Waals surface area contributed by atoms with Crippen LogP contribution in [0.25, 0.3) is 0 Å². The van der Waals surface area contributed by atoms with Gasteiger partial charge in [-0.3, -0.25) is 0 Å². The van der Waals surface area contributed by atoms with Crippen LogP contribution in [0, 0.1) is 0 Å². The van der Waals surface area contributed by atoms with E-state index >= 15 is 0 Å². The first-order chi connectivity index (χ1) is 8.56. The van der Waals surface area contributed by atoms with Crippen molar-refractivity contribution >= 4 is 17.4 Å². The Hall–Kier alpha value is -1.68. The number of nitrogens with zero attached hydrogens (tertiary/aromatic N) is 2. The molecule has 2 aromatic rings. The van der Waals surface area contributed by atoms with Crippen molar-refractivity contribution in [3.63, 3.8) is 0 Å². The van der Waals surface area contributed by atoms with E-state index in [-0.39, 0.29) is 6.73 Å². The first kappa shape index (κ1) is 12.8. The van der Waals surface area contributed by atoms with E-state index in [0.717, 1.165) is 5.75 Å². The van der Waals surface area contributed by atoms with Crippen molar-refractivity contribution < 1.29 is 4.74 Å². The van der Waals surface area contributed by atoms with E-state index in [2.05, 4.69) is 31.1 Å². The van der Waals surface area contributed by atoms with E-state index in [0.29, 0.717) is 16.8 Å². The monoisotopic (exact) mass is 265 g/mol. The molecule has 1 aromatic heterocycles. The predicted octanol–water partition coefficient (Wildman–Crippen LogP) is 3.28. The maximum Gasteiger partial charge on any atom is 0.181 e. The molecule has 1 heterocycles. The van der Waals surface area contributed by atoms with Crippen molar-refractivity contribution in [3.8, 4) is 5.75 Å². The fraction of sp³-hybridized carbons (Fsp3) is 0.308. The highest BCUT2D eigenvalue weighted by molar-refractivity contribution is 6.32. The Kier molecular flexibility index (Phi) is 3.77. The van der Waals surface area contributed by atoms with E-state index < -0.39 is 0 Å². The van der Waals surface area contributed by atoms with Crippen molar-refractivity contribution in [2.75, 3.05) is 5.73 Å². The lowest BCUT2D eigenvalue weighted by Gasteiger charge is -2.08. The van der Waals surface area contributed by atoms with Crippen molar-refractivity contribution in [3.05, 3.63) is 41.0 Å². The van der Waals surface area contributed by atoms with Crippen LogP contribution in [0.4, 0.5) is 5.82 Å². The summed E-state index contributed by atoms with van der Waals surface area (Å²) in [6.07, 6.45) is 1.64. The lowest BCUT2D eigenvalue weighted by molar-refractivity contribution is 0.221. The standard InChI is InChI=1S/C13H16ClN3O/c1-9(2)10-3-5-11(6-4-10)18-8-17-7-12(14)13(15)16-17/h3-7,9H,8H2,1-2H3,(H2,15,16). The van der Waals surface area contributed by atoms with Gasteiger partial charge in [0.15, 0.2) is 12.5 Å². The van der Waals surface area contributed by atoms with Crippen LogP contribution < -0.4 is 10.5 Å². The molecule has 0 atom stereocenters. The third kappa shape index (κ3) is 2.96. The van der Waals surface area contributed by atoms with Crippen LogP contribution in [0.1, 0.15) is 25.3 Å². The molecule has 1 aromatic carbocycles. The summed E-state index contributed by atoms with van der Waals surface area (Å²) in [6.45, 7) is 4.60. The minimum absolute atomic E-state index is 0.290. The molecule has 0 radical (unpaired) electrons. The van der Waals surface area contributed by atoms with Gasteiger partial charge in [-0.15, -0.1) is 0 Å². The Morgan fingerprint density at radius 1 is 1.33 bits per heavy atom. The summed E-state index contributed by atoms with van der Waals surface area (Å²) in [4.78, 5) is 0. The molecular weight excluding hydrogens is 250 g/mol. The van der Waals surface area contributed by atoms with E-state index in [1.54, 1.807) is 10.9 Å². The Morgan fingerprint density at radius 2 is 2.00 bits per heavy atom. The first-order valence-electron chi connectivity index (χ1n) is 5.77. The molecule has 0 aliphatic heterocycles. The molecule has 4 nitrogen and oxygen atoms in total. The van der Waals surface area contributed by atoms with Crippen LogP contribution in [0.15, 0.2) is 30.5 Å². The van der Waals surface area contributed by atoms with Gasteiger partial charge in [-0.1, -0.05) is 37.6 Å². The zero-order valence-electron chi connectivity index (χ0n) is 10.4. The largest absolute Gasteiger partial charge is 0.471 e. The van der Waals surface area contributed by atoms with Gasteiger partial charge in [0.05, 0.1) is 0 Å². The van der Waals surface area contributed by atoms with Gasteiger partial charge >= 0.3 is 0 Å². The van der Waals surface area contributed by atoms with Gasteiger partial charge in [-0.05, 0) is 23.6 Å². The number of hydrogen-bond acceptors (Lipinski definition) is 3. The smallest absolute Gasteiger partial charge is 0.181 e. The molecule has 18 heavy (non-hydrogen) atoms. The highest BCUT2D eigenvalue weighted by Gasteiger charge is 2.03. The fourth-order valence-electron chi connectivity index (χ4n) is 1.57. The van der Waals surface area contributed by atoms with Crippen molar-refractivity contribution in [2.45, 2.75) is 26.5 Å². The van der Waals surface area contributed by atoms with E-state index in [1.165, 1.54) is 5.56 Å². The van der Waals surface area contributed by atoms with E-state index in [4.69, 9.17) is 22.1 Å². The van der Waals surface area contributed by atoms with Crippen LogP contribution in [0.2, 0.25) is 5.02 Å². The SMILES string of the molecule is CC(C)c1ccc(OCn2cc(Cl)c(N)n2)cc1. The van der Waals surface area contributed by atoms with Crippen LogP contribution in [0.3, 0.4) is 0 Å². The molecule has 2 rings (SSSR count). The molecule has 0 aliphatic rings. The summed E-state index contributed by atoms with van der Waals surface area (Å²) in [6, 6.07) is 8.02. The van der Waals surface area contributed by atoms with Crippen LogP contribution in [-0.2, 0) is 6.73 Å². The predicted molar refractivity (Wildman–Crippen MR) is 72.8 cm³/mol. The number of ether oxygens (including phenoxy) is 1. The average molecular weight is 266 g/mol. The Balaban J connectivity index is 1.97. The maximum atomic E-state index is 5.80. The number of benzene rings is 1. The first-order valence-corrected chi connectivity index (χ1v) is 6.15. The third-order valence-electron chi connectivity index (χ3n) is 2.65. The van der Waals surface area contributed by atoms with Crippen molar-refractivity contribution in [1.82, 2.24) is 9.78 Å². The van der Waals surface area contributed by atoms with Gasteiger partial charge in [0, 0.05) is 6.20 Å². The summed E-state index contributed by atoms with van der Waals surface area (Å²) in [5.74, 6) is 1.63. The number of hydrogen-bond donors (Lipinski definition) is 1. The van der Waals surface area contributed by atoms with Crippen molar-refractivity contribution in [1.29, 1.82) is 0 Å². The zero-order valence-corrected chi connectivity index (χ0v) is 11.2. The number of anilines is 1. The zero-order chi connectivity index (χ0) is 13.1. The average Bonchev–Trinajstić information content (AvgIpc) is 2.67.